The van der Waals surface area contributed by atoms with Gasteiger partial charge in [-0.05, 0) is 75.7 Å². The topological polar surface area (TPSA) is 44.8 Å². The molecule has 158 valence electrons. The van der Waals surface area contributed by atoms with Gasteiger partial charge in [-0.3, -0.25) is 9.80 Å². The third-order valence-corrected chi connectivity index (χ3v) is 6.37. The molecule has 0 aliphatic carbocycles. The van der Waals surface area contributed by atoms with Gasteiger partial charge in [-0.15, -0.1) is 0 Å². The van der Waals surface area contributed by atoms with Gasteiger partial charge in [0.25, 0.3) is 0 Å². The van der Waals surface area contributed by atoms with Gasteiger partial charge in [0.2, 0.25) is 0 Å². The third kappa shape index (κ3) is 3.94. The van der Waals surface area contributed by atoms with Crippen molar-refractivity contribution in [1.82, 2.24) is 4.90 Å². The number of fused-ring (bicyclic) bond motifs is 2. The molecular weight excluding hydrogens is 374 g/mol. The Labute approximate surface area is 179 Å². The first kappa shape index (κ1) is 20.5. The van der Waals surface area contributed by atoms with Crippen molar-refractivity contribution < 1.29 is 9.53 Å². The second-order valence-corrected chi connectivity index (χ2v) is 8.78. The first-order valence-electron chi connectivity index (χ1n) is 10.6. The van der Waals surface area contributed by atoms with E-state index in [0.29, 0.717) is 0 Å². The molecule has 2 heterocycles. The first-order chi connectivity index (χ1) is 14.4. The SMILES string of the molecule is C=C(C)CN1CCC2(CC1)CN(C(=O)Nc1ccc(OC)cc1)c1ccc(C)cc12. The highest BCUT2D eigenvalue weighted by atomic mass is 16.5. The van der Waals surface area contributed by atoms with Crippen molar-refractivity contribution in [2.75, 3.05) is 43.5 Å². The second-order valence-electron chi connectivity index (χ2n) is 8.78. The van der Waals surface area contributed by atoms with E-state index >= 15 is 0 Å². The van der Waals surface area contributed by atoms with Crippen LogP contribution in [0.5, 0.6) is 5.75 Å². The molecule has 30 heavy (non-hydrogen) atoms. The van der Waals surface area contributed by atoms with E-state index in [4.69, 9.17) is 4.74 Å². The van der Waals surface area contributed by atoms with E-state index in [1.165, 1.54) is 16.7 Å². The van der Waals surface area contributed by atoms with Gasteiger partial charge in [-0.1, -0.05) is 29.8 Å². The van der Waals surface area contributed by atoms with Crippen LogP contribution in [-0.4, -0.2) is 44.2 Å². The number of hydrogen-bond acceptors (Lipinski definition) is 3. The summed E-state index contributed by atoms with van der Waals surface area (Å²) in [4.78, 5) is 17.6. The molecule has 1 saturated heterocycles. The van der Waals surface area contributed by atoms with Crippen molar-refractivity contribution in [2.24, 2.45) is 0 Å². The van der Waals surface area contributed by atoms with Crippen molar-refractivity contribution in [3.63, 3.8) is 0 Å². The van der Waals surface area contributed by atoms with E-state index in [9.17, 15) is 4.79 Å². The summed E-state index contributed by atoms with van der Waals surface area (Å²) in [6.45, 7) is 12.0. The number of benzene rings is 2. The minimum atomic E-state index is -0.0773. The molecular formula is C25H31N3O2. The molecule has 2 aromatic carbocycles. The number of amides is 2. The number of ether oxygens (including phenoxy) is 1. The van der Waals surface area contributed by atoms with Gasteiger partial charge < -0.3 is 10.1 Å². The number of carbonyl (C=O) groups excluding carboxylic acids is 1. The monoisotopic (exact) mass is 405 g/mol. The number of methoxy groups -OCH3 is 1. The lowest BCUT2D eigenvalue weighted by Crippen LogP contribution is -2.47. The number of aryl methyl sites for hydroxylation is 1. The summed E-state index contributed by atoms with van der Waals surface area (Å²) in [5.74, 6) is 0.774. The van der Waals surface area contributed by atoms with Crippen molar-refractivity contribution in [1.29, 1.82) is 0 Å². The molecule has 0 saturated carbocycles. The number of carbonyl (C=O) groups is 1. The van der Waals surface area contributed by atoms with Crippen LogP contribution < -0.4 is 15.0 Å². The van der Waals surface area contributed by atoms with Gasteiger partial charge in [0.15, 0.2) is 0 Å². The van der Waals surface area contributed by atoms with Crippen molar-refractivity contribution in [2.45, 2.75) is 32.1 Å². The molecule has 2 aliphatic rings. The molecule has 2 aliphatic heterocycles. The molecule has 5 heteroatoms. The van der Waals surface area contributed by atoms with Crippen LogP contribution in [-0.2, 0) is 5.41 Å². The molecule has 0 atom stereocenters. The number of anilines is 2. The Morgan fingerprint density at radius 3 is 2.50 bits per heavy atom. The number of hydrogen-bond donors (Lipinski definition) is 1. The van der Waals surface area contributed by atoms with E-state index in [2.05, 4.69) is 48.8 Å². The summed E-state index contributed by atoms with van der Waals surface area (Å²) in [6.07, 6.45) is 2.12. The summed E-state index contributed by atoms with van der Waals surface area (Å²) >= 11 is 0. The largest absolute Gasteiger partial charge is 0.497 e. The fourth-order valence-corrected chi connectivity index (χ4v) is 4.78. The lowest BCUT2D eigenvalue weighted by molar-refractivity contribution is 0.177. The summed E-state index contributed by atoms with van der Waals surface area (Å²) in [7, 11) is 1.64. The smallest absolute Gasteiger partial charge is 0.326 e. The fraction of sp³-hybridized carbons (Fsp3) is 0.400. The standard InChI is InChI=1S/C25H31N3O2/c1-18(2)16-27-13-11-25(12-14-27)17-28(23-10-5-19(3)15-22(23)25)24(29)26-20-6-8-21(30-4)9-7-20/h5-10,15H,1,11-14,16-17H2,2-4H3,(H,26,29). The Morgan fingerprint density at radius 2 is 1.87 bits per heavy atom. The molecule has 1 spiro atoms. The van der Waals surface area contributed by atoms with Crippen LogP contribution in [0.25, 0.3) is 0 Å². The molecule has 2 aromatic rings. The Kier molecular flexibility index (Phi) is 5.56. The van der Waals surface area contributed by atoms with Gasteiger partial charge in [0.1, 0.15) is 5.75 Å². The van der Waals surface area contributed by atoms with Crippen LogP contribution in [0.2, 0.25) is 0 Å². The maximum atomic E-state index is 13.2. The Bertz CT molecular complexity index is 943. The van der Waals surface area contributed by atoms with Gasteiger partial charge in [-0.25, -0.2) is 4.79 Å². The van der Waals surface area contributed by atoms with Gasteiger partial charge >= 0.3 is 6.03 Å². The average molecular weight is 406 g/mol. The summed E-state index contributed by atoms with van der Waals surface area (Å²) < 4.78 is 5.21. The lowest BCUT2D eigenvalue weighted by atomic mass is 9.74. The predicted molar refractivity (Wildman–Crippen MR) is 123 cm³/mol. The minimum absolute atomic E-state index is 0.0319. The van der Waals surface area contributed by atoms with E-state index in [0.717, 1.165) is 56.1 Å². The minimum Gasteiger partial charge on any atom is -0.497 e. The summed E-state index contributed by atoms with van der Waals surface area (Å²) in [6, 6.07) is 13.9. The number of nitrogens with one attached hydrogen (secondary N) is 1. The highest BCUT2D eigenvalue weighted by Crippen LogP contribution is 2.47. The Balaban J connectivity index is 1.55. The molecule has 0 bridgehead atoms. The van der Waals surface area contributed by atoms with Crippen LogP contribution in [0.4, 0.5) is 16.2 Å². The zero-order valence-electron chi connectivity index (χ0n) is 18.2. The van der Waals surface area contributed by atoms with E-state index in [1.54, 1.807) is 7.11 Å². The zero-order valence-corrected chi connectivity index (χ0v) is 18.2. The van der Waals surface area contributed by atoms with Crippen molar-refractivity contribution in [3.8, 4) is 5.75 Å². The number of nitrogens with zero attached hydrogens (tertiary/aromatic N) is 2. The van der Waals surface area contributed by atoms with Crippen LogP contribution in [0, 0.1) is 6.92 Å². The van der Waals surface area contributed by atoms with Gasteiger partial charge in [-0.2, -0.15) is 0 Å². The molecule has 5 nitrogen and oxygen atoms in total. The van der Waals surface area contributed by atoms with Gasteiger partial charge in [0, 0.05) is 29.9 Å². The third-order valence-electron chi connectivity index (χ3n) is 6.37. The zero-order chi connectivity index (χ0) is 21.3. The highest BCUT2D eigenvalue weighted by molar-refractivity contribution is 6.03. The van der Waals surface area contributed by atoms with Crippen molar-refractivity contribution in [3.05, 3.63) is 65.7 Å². The molecule has 1 N–H and O–H groups in total. The second kappa shape index (κ2) is 8.15. The number of rotatable bonds is 4. The number of piperidine rings is 1. The molecule has 2 amide bonds. The molecule has 0 radical (unpaired) electrons. The number of urea groups is 1. The molecule has 0 aromatic heterocycles. The maximum Gasteiger partial charge on any atom is 0.326 e. The summed E-state index contributed by atoms with van der Waals surface area (Å²) in [5, 5.41) is 3.06. The Morgan fingerprint density at radius 1 is 1.17 bits per heavy atom. The van der Waals surface area contributed by atoms with E-state index < -0.39 is 0 Å². The lowest BCUT2D eigenvalue weighted by Gasteiger charge is -2.40. The quantitative estimate of drug-likeness (QED) is 0.731. The molecule has 1 fully saturated rings. The van der Waals surface area contributed by atoms with Crippen LogP contribution in [0.3, 0.4) is 0 Å². The van der Waals surface area contributed by atoms with E-state index in [-0.39, 0.29) is 11.4 Å². The first-order valence-corrected chi connectivity index (χ1v) is 10.6. The normalized spacial score (nSPS) is 17.6. The average Bonchev–Trinajstić information content (AvgIpc) is 3.04. The summed E-state index contributed by atoms with van der Waals surface area (Å²) in [5.41, 5.74) is 5.61. The van der Waals surface area contributed by atoms with Crippen LogP contribution >= 0.6 is 0 Å². The predicted octanol–water partition coefficient (Wildman–Crippen LogP) is 4.97. The maximum absolute atomic E-state index is 13.2. The van der Waals surface area contributed by atoms with Crippen LogP contribution in [0.1, 0.15) is 30.9 Å². The molecule has 0 unspecified atom stereocenters. The Hall–Kier alpha value is -2.79. The highest BCUT2D eigenvalue weighted by Gasteiger charge is 2.46. The fourth-order valence-electron chi connectivity index (χ4n) is 4.78. The van der Waals surface area contributed by atoms with Crippen molar-refractivity contribution >= 4 is 17.4 Å². The van der Waals surface area contributed by atoms with Gasteiger partial charge in [0.05, 0.1) is 7.11 Å². The van der Waals surface area contributed by atoms with Crippen LogP contribution in [0.15, 0.2) is 54.6 Å². The number of likely N-dealkylation sites (tertiary alicyclic amines) is 1. The van der Waals surface area contributed by atoms with E-state index in [1.807, 2.05) is 29.2 Å². The molecule has 4 rings (SSSR count).